The van der Waals surface area contributed by atoms with E-state index in [9.17, 15) is 9.90 Å². The third-order valence-electron chi connectivity index (χ3n) is 3.19. The van der Waals surface area contributed by atoms with Crippen LogP contribution in [-0.2, 0) is 4.79 Å². The van der Waals surface area contributed by atoms with Gasteiger partial charge in [-0.25, -0.2) is 0 Å². The second-order valence-corrected chi connectivity index (χ2v) is 5.99. The summed E-state index contributed by atoms with van der Waals surface area (Å²) in [5.74, 6) is 0.329. The van der Waals surface area contributed by atoms with E-state index >= 15 is 0 Å². The van der Waals surface area contributed by atoms with Crippen LogP contribution in [0.4, 0.5) is 0 Å². The molecule has 1 aliphatic rings. The summed E-state index contributed by atoms with van der Waals surface area (Å²) in [7, 11) is 0. The molecule has 1 amide bonds. The second kappa shape index (κ2) is 6.36. The molecule has 4 nitrogen and oxygen atoms in total. The Morgan fingerprint density at radius 2 is 2.06 bits per heavy atom. The fraction of sp³-hybridized carbons (Fsp3) is 0.923. The van der Waals surface area contributed by atoms with Gasteiger partial charge in [-0.15, -0.1) is 0 Å². The van der Waals surface area contributed by atoms with Gasteiger partial charge < -0.3 is 15.7 Å². The third kappa shape index (κ3) is 6.03. The fourth-order valence-corrected chi connectivity index (χ4v) is 2.14. The highest BCUT2D eigenvalue weighted by molar-refractivity contribution is 5.76. The summed E-state index contributed by atoms with van der Waals surface area (Å²) in [5, 5.41) is 15.8. The van der Waals surface area contributed by atoms with Crippen molar-refractivity contribution in [2.75, 3.05) is 13.1 Å². The maximum atomic E-state index is 11.6. The number of aliphatic hydroxyl groups is 1. The van der Waals surface area contributed by atoms with Gasteiger partial charge in [-0.2, -0.15) is 0 Å². The van der Waals surface area contributed by atoms with Crippen molar-refractivity contribution in [1.29, 1.82) is 0 Å². The predicted octanol–water partition coefficient (Wildman–Crippen LogP) is 1.04. The highest BCUT2D eigenvalue weighted by Gasteiger charge is 2.25. The summed E-state index contributed by atoms with van der Waals surface area (Å²) in [6.45, 7) is 7.57. The van der Waals surface area contributed by atoms with E-state index in [2.05, 4.69) is 31.4 Å². The van der Waals surface area contributed by atoms with Crippen LogP contribution < -0.4 is 10.6 Å². The number of nitrogens with one attached hydrogen (secondary N) is 2. The molecule has 1 saturated carbocycles. The Hall–Kier alpha value is -0.610. The van der Waals surface area contributed by atoms with Gasteiger partial charge in [-0.3, -0.25) is 4.79 Å². The largest absolute Gasteiger partial charge is 0.393 e. The molecule has 0 spiro atoms. The standard InChI is InChI=1S/C13H26N2O2/c1-13(2,3)15-8-7-12(17)14-9-10-5-4-6-11(10)16/h10-11,15-16H,4-9H2,1-3H3,(H,14,17). The van der Waals surface area contributed by atoms with Gasteiger partial charge >= 0.3 is 0 Å². The number of rotatable bonds is 5. The van der Waals surface area contributed by atoms with Crippen molar-refractivity contribution in [3.63, 3.8) is 0 Å². The molecule has 100 valence electrons. The SMILES string of the molecule is CC(C)(C)NCCC(=O)NCC1CCCC1O. The monoisotopic (exact) mass is 242 g/mol. The molecule has 2 unspecified atom stereocenters. The van der Waals surface area contributed by atoms with E-state index in [-0.39, 0.29) is 23.5 Å². The van der Waals surface area contributed by atoms with E-state index in [0.29, 0.717) is 19.5 Å². The van der Waals surface area contributed by atoms with Gasteiger partial charge in [0.15, 0.2) is 0 Å². The molecule has 0 aliphatic heterocycles. The molecule has 0 heterocycles. The lowest BCUT2D eigenvalue weighted by molar-refractivity contribution is -0.121. The molecule has 17 heavy (non-hydrogen) atoms. The quantitative estimate of drug-likeness (QED) is 0.675. The minimum atomic E-state index is -0.219. The maximum Gasteiger partial charge on any atom is 0.221 e. The van der Waals surface area contributed by atoms with Gasteiger partial charge in [0.2, 0.25) is 5.91 Å². The Kier molecular flexibility index (Phi) is 5.40. The van der Waals surface area contributed by atoms with Crippen molar-refractivity contribution in [2.45, 2.75) is 58.1 Å². The minimum Gasteiger partial charge on any atom is -0.393 e. The van der Waals surface area contributed by atoms with Crippen molar-refractivity contribution in [1.82, 2.24) is 10.6 Å². The normalized spacial score (nSPS) is 24.9. The molecule has 0 aromatic heterocycles. The Morgan fingerprint density at radius 1 is 1.35 bits per heavy atom. The Labute approximate surface area is 104 Å². The molecule has 4 heteroatoms. The van der Waals surface area contributed by atoms with Crippen LogP contribution in [0.5, 0.6) is 0 Å². The summed E-state index contributed by atoms with van der Waals surface area (Å²) in [6.07, 6.45) is 3.27. The van der Waals surface area contributed by atoms with E-state index in [1.807, 2.05) is 0 Å². The Bertz CT molecular complexity index is 248. The predicted molar refractivity (Wildman–Crippen MR) is 68.7 cm³/mol. The van der Waals surface area contributed by atoms with Crippen LogP contribution >= 0.6 is 0 Å². The smallest absolute Gasteiger partial charge is 0.221 e. The number of hydrogen-bond acceptors (Lipinski definition) is 3. The topological polar surface area (TPSA) is 61.4 Å². The number of carbonyl (C=O) groups excluding carboxylic acids is 1. The molecule has 0 aromatic rings. The molecular weight excluding hydrogens is 216 g/mol. The van der Waals surface area contributed by atoms with Gasteiger partial charge in [0.1, 0.15) is 0 Å². The minimum absolute atomic E-state index is 0.0575. The zero-order valence-corrected chi connectivity index (χ0v) is 11.3. The first-order chi connectivity index (χ1) is 7.88. The van der Waals surface area contributed by atoms with Crippen molar-refractivity contribution in [2.24, 2.45) is 5.92 Å². The van der Waals surface area contributed by atoms with E-state index in [4.69, 9.17) is 0 Å². The average Bonchev–Trinajstić information content (AvgIpc) is 2.59. The maximum absolute atomic E-state index is 11.6. The van der Waals surface area contributed by atoms with Crippen LogP contribution in [0.3, 0.4) is 0 Å². The Balaban J connectivity index is 2.09. The zero-order valence-electron chi connectivity index (χ0n) is 11.3. The van der Waals surface area contributed by atoms with Crippen molar-refractivity contribution < 1.29 is 9.90 Å². The van der Waals surface area contributed by atoms with Crippen molar-refractivity contribution >= 4 is 5.91 Å². The number of aliphatic hydroxyl groups excluding tert-OH is 1. The van der Waals surface area contributed by atoms with E-state index in [1.54, 1.807) is 0 Å². The highest BCUT2D eigenvalue weighted by Crippen LogP contribution is 2.24. The molecule has 2 atom stereocenters. The lowest BCUT2D eigenvalue weighted by Crippen LogP contribution is -2.39. The summed E-state index contributed by atoms with van der Waals surface area (Å²) >= 11 is 0. The molecule has 0 aromatic carbocycles. The van der Waals surface area contributed by atoms with Gasteiger partial charge in [0.05, 0.1) is 6.10 Å². The molecule has 1 aliphatic carbocycles. The van der Waals surface area contributed by atoms with Crippen LogP contribution in [0.15, 0.2) is 0 Å². The lowest BCUT2D eigenvalue weighted by atomic mass is 10.1. The van der Waals surface area contributed by atoms with E-state index in [1.165, 1.54) is 0 Å². The van der Waals surface area contributed by atoms with Crippen LogP contribution in [0, 0.1) is 5.92 Å². The second-order valence-electron chi connectivity index (χ2n) is 5.99. The fourth-order valence-electron chi connectivity index (χ4n) is 2.14. The molecular formula is C13H26N2O2. The lowest BCUT2D eigenvalue weighted by Gasteiger charge is -2.20. The first-order valence-corrected chi connectivity index (χ1v) is 6.58. The van der Waals surface area contributed by atoms with Gasteiger partial charge in [-0.05, 0) is 33.6 Å². The van der Waals surface area contributed by atoms with Crippen LogP contribution in [0.1, 0.15) is 46.5 Å². The van der Waals surface area contributed by atoms with Crippen molar-refractivity contribution in [3.8, 4) is 0 Å². The molecule has 3 N–H and O–H groups in total. The third-order valence-corrected chi connectivity index (χ3v) is 3.19. The Morgan fingerprint density at radius 3 is 2.59 bits per heavy atom. The first-order valence-electron chi connectivity index (χ1n) is 6.58. The number of carbonyl (C=O) groups is 1. The van der Waals surface area contributed by atoms with Crippen LogP contribution in [-0.4, -0.2) is 35.7 Å². The number of amides is 1. The van der Waals surface area contributed by atoms with Crippen molar-refractivity contribution in [3.05, 3.63) is 0 Å². The summed E-state index contributed by atoms with van der Waals surface area (Å²) < 4.78 is 0. The average molecular weight is 242 g/mol. The molecule has 1 rings (SSSR count). The zero-order chi connectivity index (χ0) is 12.9. The van der Waals surface area contributed by atoms with E-state index < -0.39 is 0 Å². The number of hydrogen-bond donors (Lipinski definition) is 3. The summed E-state index contributed by atoms with van der Waals surface area (Å²) in [5.41, 5.74) is 0.0575. The van der Waals surface area contributed by atoms with Crippen LogP contribution in [0.2, 0.25) is 0 Å². The van der Waals surface area contributed by atoms with Gasteiger partial charge in [-0.1, -0.05) is 6.42 Å². The molecule has 0 radical (unpaired) electrons. The molecule has 0 saturated heterocycles. The first kappa shape index (κ1) is 14.5. The molecule has 0 bridgehead atoms. The van der Waals surface area contributed by atoms with E-state index in [0.717, 1.165) is 19.3 Å². The summed E-state index contributed by atoms with van der Waals surface area (Å²) in [4.78, 5) is 11.6. The summed E-state index contributed by atoms with van der Waals surface area (Å²) in [6, 6.07) is 0. The molecule has 1 fully saturated rings. The van der Waals surface area contributed by atoms with Gasteiger partial charge in [0.25, 0.3) is 0 Å². The highest BCUT2D eigenvalue weighted by atomic mass is 16.3. The van der Waals surface area contributed by atoms with Gasteiger partial charge in [0, 0.05) is 31.0 Å². The van der Waals surface area contributed by atoms with Crippen LogP contribution in [0.25, 0.3) is 0 Å².